The number of rotatable bonds is 17. The average Bonchev–Trinajstić information content (AvgIpc) is 2.98. The first-order valence-electron chi connectivity index (χ1n) is 15.6. The molecule has 0 aromatic heterocycles. The molecule has 0 aliphatic heterocycles. The molecule has 2 N–H and O–H groups in total. The molecule has 0 saturated heterocycles. The number of hydrogen-bond donors (Lipinski definition) is 2. The van der Waals surface area contributed by atoms with E-state index in [-0.39, 0.29) is 12.1 Å². The largest absolute Gasteiger partial charge is 0.478 e. The van der Waals surface area contributed by atoms with E-state index in [1.165, 1.54) is 6.07 Å². The van der Waals surface area contributed by atoms with Crippen molar-refractivity contribution in [2.24, 2.45) is 0 Å². The van der Waals surface area contributed by atoms with Crippen LogP contribution in [0.15, 0.2) is 66.7 Å². The van der Waals surface area contributed by atoms with Gasteiger partial charge in [0.05, 0.1) is 5.69 Å². The van der Waals surface area contributed by atoms with Gasteiger partial charge in [0.2, 0.25) is 5.60 Å². The number of carboxylic acids is 1. The van der Waals surface area contributed by atoms with E-state index in [0.717, 1.165) is 60.9 Å². The molecule has 238 valence electrons. The second-order valence-electron chi connectivity index (χ2n) is 11.9. The Morgan fingerprint density at radius 3 is 2.14 bits per heavy atom. The van der Waals surface area contributed by atoms with Crippen molar-refractivity contribution in [3.05, 3.63) is 95.1 Å². The normalized spacial score (nSPS) is 12.5. The first kappa shape index (κ1) is 34.5. The molecule has 0 bridgehead atoms. The summed E-state index contributed by atoms with van der Waals surface area (Å²) in [5.41, 5.74) is 1.57. The molecule has 6 nitrogen and oxygen atoms in total. The number of hydrogen-bond acceptors (Lipinski definition) is 3. The van der Waals surface area contributed by atoms with Gasteiger partial charge < -0.3 is 20.1 Å². The molecule has 8 heteroatoms. The average molecular weight is 609 g/mol. The van der Waals surface area contributed by atoms with Crippen LogP contribution in [0, 0.1) is 11.6 Å². The van der Waals surface area contributed by atoms with E-state index in [9.17, 15) is 23.5 Å². The van der Waals surface area contributed by atoms with Crippen LogP contribution < -0.4 is 10.1 Å². The summed E-state index contributed by atoms with van der Waals surface area (Å²) in [6.45, 7) is 8.95. The molecule has 3 aromatic rings. The van der Waals surface area contributed by atoms with Gasteiger partial charge in [-0.05, 0) is 73.1 Å². The highest BCUT2D eigenvalue weighted by Crippen LogP contribution is 2.26. The number of carbonyl (C=O) groups is 2. The zero-order valence-electron chi connectivity index (χ0n) is 26.4. The lowest BCUT2D eigenvalue weighted by Crippen LogP contribution is -2.43. The van der Waals surface area contributed by atoms with Crippen LogP contribution in [0.4, 0.5) is 19.3 Å². The topological polar surface area (TPSA) is 78.9 Å². The highest BCUT2D eigenvalue weighted by Gasteiger charge is 2.36. The van der Waals surface area contributed by atoms with E-state index < -0.39 is 29.2 Å². The third kappa shape index (κ3) is 10.6. The van der Waals surface area contributed by atoms with Gasteiger partial charge in [-0.25, -0.2) is 18.4 Å². The summed E-state index contributed by atoms with van der Waals surface area (Å²) >= 11 is 0. The smallest absolute Gasteiger partial charge is 0.348 e. The zero-order chi connectivity index (χ0) is 32.1. The number of nitrogens with zero attached hydrogens (tertiary/aromatic N) is 1. The third-order valence-electron chi connectivity index (χ3n) is 7.79. The summed E-state index contributed by atoms with van der Waals surface area (Å²) in [6.07, 6.45) is 6.82. The van der Waals surface area contributed by atoms with E-state index in [0.29, 0.717) is 37.6 Å². The van der Waals surface area contributed by atoms with Crippen molar-refractivity contribution in [3.8, 4) is 5.75 Å². The van der Waals surface area contributed by atoms with Crippen molar-refractivity contribution in [3.63, 3.8) is 0 Å². The summed E-state index contributed by atoms with van der Waals surface area (Å²) in [6, 6.07) is 18.0. The minimum Gasteiger partial charge on any atom is -0.478 e. The van der Waals surface area contributed by atoms with Crippen molar-refractivity contribution in [1.29, 1.82) is 0 Å². The van der Waals surface area contributed by atoms with Crippen LogP contribution in [0.25, 0.3) is 0 Å². The van der Waals surface area contributed by atoms with Crippen molar-refractivity contribution in [2.75, 3.05) is 18.4 Å². The number of anilines is 1. The van der Waals surface area contributed by atoms with Crippen molar-refractivity contribution < 1.29 is 28.2 Å². The number of benzene rings is 3. The van der Waals surface area contributed by atoms with E-state index in [1.807, 2.05) is 48.5 Å². The van der Waals surface area contributed by atoms with Crippen LogP contribution in [0.2, 0.25) is 0 Å². The molecule has 0 fully saturated rings. The standard InChI is InChI=1S/C36H46F2N2O4/c1-5-6-7-8-9-22-40(35(43)39-33-21-18-30(37)24-32(33)38)23-10-11-27-12-14-28(15-13-27)25-36(4,34(41)42)44-31-19-16-29(17-20-31)26(2)3/h12-21,24,26H,5-11,22-23,25H2,1-4H3,(H,39,43)(H,41,42). The lowest BCUT2D eigenvalue weighted by molar-refractivity contribution is -0.153. The number of amides is 2. The van der Waals surface area contributed by atoms with Gasteiger partial charge in [0, 0.05) is 25.6 Å². The number of halogens is 2. The van der Waals surface area contributed by atoms with Gasteiger partial charge in [0.25, 0.3) is 0 Å². The summed E-state index contributed by atoms with van der Waals surface area (Å²) in [7, 11) is 0. The van der Waals surface area contributed by atoms with Gasteiger partial charge in [-0.15, -0.1) is 0 Å². The quantitative estimate of drug-likeness (QED) is 0.150. The van der Waals surface area contributed by atoms with Crippen LogP contribution in [-0.4, -0.2) is 40.7 Å². The summed E-state index contributed by atoms with van der Waals surface area (Å²) in [4.78, 5) is 26.9. The molecule has 0 spiro atoms. The van der Waals surface area contributed by atoms with Crippen molar-refractivity contribution >= 4 is 17.7 Å². The SMILES string of the molecule is CCCCCCCN(CCCc1ccc(CC(C)(Oc2ccc(C(C)C)cc2)C(=O)O)cc1)C(=O)Nc1ccc(F)cc1F. The van der Waals surface area contributed by atoms with Gasteiger partial charge in [-0.1, -0.05) is 82.9 Å². The van der Waals surface area contributed by atoms with Crippen LogP contribution in [0.3, 0.4) is 0 Å². The zero-order valence-corrected chi connectivity index (χ0v) is 26.4. The predicted molar refractivity (Wildman–Crippen MR) is 171 cm³/mol. The van der Waals surface area contributed by atoms with Crippen molar-refractivity contribution in [1.82, 2.24) is 4.90 Å². The number of aryl methyl sites for hydroxylation is 1. The highest BCUT2D eigenvalue weighted by molar-refractivity contribution is 5.89. The van der Waals surface area contributed by atoms with Crippen LogP contribution in [-0.2, 0) is 17.6 Å². The monoisotopic (exact) mass is 608 g/mol. The van der Waals surface area contributed by atoms with Gasteiger partial charge >= 0.3 is 12.0 Å². The first-order valence-corrected chi connectivity index (χ1v) is 15.6. The van der Waals surface area contributed by atoms with E-state index >= 15 is 0 Å². The lowest BCUT2D eigenvalue weighted by Gasteiger charge is -2.27. The minimum atomic E-state index is -1.43. The summed E-state index contributed by atoms with van der Waals surface area (Å²) in [5.74, 6) is -1.67. The van der Waals surface area contributed by atoms with E-state index in [1.54, 1.807) is 11.8 Å². The number of unbranched alkanes of at least 4 members (excludes halogenated alkanes) is 4. The molecule has 0 aliphatic carbocycles. The Hall–Kier alpha value is -3.94. The fourth-order valence-electron chi connectivity index (χ4n) is 5.03. The number of ether oxygens (including phenoxy) is 1. The third-order valence-corrected chi connectivity index (χ3v) is 7.79. The molecule has 1 atom stereocenters. The molecular weight excluding hydrogens is 562 g/mol. The lowest BCUT2D eigenvalue weighted by atomic mass is 9.95. The number of aliphatic carboxylic acids is 1. The number of carbonyl (C=O) groups excluding carboxylic acids is 1. The van der Waals surface area contributed by atoms with Gasteiger partial charge in [0.1, 0.15) is 17.4 Å². The molecule has 1 unspecified atom stereocenters. The Morgan fingerprint density at radius 2 is 1.52 bits per heavy atom. The van der Waals surface area contributed by atoms with Crippen LogP contribution in [0.5, 0.6) is 5.75 Å². The molecule has 0 heterocycles. The maximum absolute atomic E-state index is 14.2. The Kier molecular flexibility index (Phi) is 13.2. The Bertz CT molecular complexity index is 1350. The van der Waals surface area contributed by atoms with Crippen LogP contribution >= 0.6 is 0 Å². The molecular formula is C36H46F2N2O4. The van der Waals surface area contributed by atoms with E-state index in [2.05, 4.69) is 26.1 Å². The molecule has 0 radical (unpaired) electrons. The minimum absolute atomic E-state index is 0.0483. The number of carboxylic acid groups (broad SMARTS) is 1. The summed E-state index contributed by atoms with van der Waals surface area (Å²) in [5, 5.41) is 12.6. The second-order valence-corrected chi connectivity index (χ2v) is 11.9. The molecule has 0 saturated carbocycles. The molecule has 3 aromatic carbocycles. The maximum atomic E-state index is 14.2. The highest BCUT2D eigenvalue weighted by atomic mass is 19.1. The number of nitrogens with one attached hydrogen (secondary N) is 1. The van der Waals surface area contributed by atoms with E-state index in [4.69, 9.17) is 4.74 Å². The Labute approximate surface area is 260 Å². The predicted octanol–water partition coefficient (Wildman–Crippen LogP) is 8.99. The molecule has 0 aliphatic rings. The Balaban J connectivity index is 1.58. The van der Waals surface area contributed by atoms with Crippen molar-refractivity contribution in [2.45, 2.75) is 90.6 Å². The van der Waals surface area contributed by atoms with Gasteiger partial charge in [-0.3, -0.25) is 0 Å². The first-order chi connectivity index (χ1) is 21.0. The van der Waals surface area contributed by atoms with Gasteiger partial charge in [-0.2, -0.15) is 0 Å². The molecule has 44 heavy (non-hydrogen) atoms. The van der Waals surface area contributed by atoms with Crippen LogP contribution in [0.1, 0.15) is 88.8 Å². The fourth-order valence-corrected chi connectivity index (χ4v) is 5.03. The van der Waals surface area contributed by atoms with Gasteiger partial charge in [0.15, 0.2) is 0 Å². The summed E-state index contributed by atoms with van der Waals surface area (Å²) < 4.78 is 33.4. The second kappa shape index (κ2) is 16.8. The molecule has 3 rings (SSSR count). The number of urea groups is 1. The fraction of sp³-hybridized carbons (Fsp3) is 0.444. The maximum Gasteiger partial charge on any atom is 0.348 e. The molecule has 2 amide bonds. The Morgan fingerprint density at radius 1 is 0.886 bits per heavy atom.